The minimum atomic E-state index is -3.14. The summed E-state index contributed by atoms with van der Waals surface area (Å²) in [6.45, 7) is 0. The first-order valence-corrected chi connectivity index (χ1v) is 30.3. The highest BCUT2D eigenvalue weighted by Gasteiger charge is 2.36. The summed E-state index contributed by atoms with van der Waals surface area (Å²) < 4.78 is 15.4. The van der Waals surface area contributed by atoms with Crippen LogP contribution in [0.15, 0.2) is 291 Å². The average molecular weight is 1070 g/mol. The Balaban J connectivity index is 0.821. The first-order valence-electron chi connectivity index (χ1n) is 28.6. The standard InChI is InChI=1S/C77H58N3OP/c81-82(65-30-10-3-11-31-65,66-32-12-4-13-33-66)67-48-42-57(43-49-67)73-70-36-16-14-34-68(70)72(69-35-15-17-37-71(69)73)56-38-44-63(45-39-56)77(50-18-5-19-51-77)64-46-40-58(41-47-64)74-78-75(61-28-20-26-59(52-61)54-22-6-1-7-23-54)80-76(79-74)62-29-21-27-60(53-62)55-24-8-2-9-25-55/h1-4,6-17,20-49,52-53H,5,18-19,50-51H2. The Morgan fingerprint density at radius 2 is 0.585 bits per heavy atom. The van der Waals surface area contributed by atoms with E-state index in [1.807, 2.05) is 72.8 Å². The predicted octanol–water partition coefficient (Wildman–Crippen LogP) is 18.7. The molecule has 0 atom stereocenters. The third-order valence-corrected chi connectivity index (χ3v) is 20.0. The zero-order valence-electron chi connectivity index (χ0n) is 45.4. The first-order chi connectivity index (χ1) is 40.5. The van der Waals surface area contributed by atoms with E-state index >= 15 is 4.57 Å². The summed E-state index contributed by atoms with van der Waals surface area (Å²) in [5, 5.41) is 7.25. The quantitative estimate of drug-likeness (QED) is 0.0904. The van der Waals surface area contributed by atoms with Gasteiger partial charge in [0.05, 0.1) is 0 Å². The van der Waals surface area contributed by atoms with Gasteiger partial charge in [-0.3, -0.25) is 0 Å². The molecular weight excluding hydrogens is 1010 g/mol. The molecule has 12 aromatic carbocycles. The molecule has 13 aromatic rings. The van der Waals surface area contributed by atoms with Crippen LogP contribution in [0.2, 0.25) is 0 Å². The molecule has 1 aliphatic carbocycles. The van der Waals surface area contributed by atoms with Gasteiger partial charge in [-0.2, -0.15) is 0 Å². The van der Waals surface area contributed by atoms with Gasteiger partial charge in [0.15, 0.2) is 24.6 Å². The van der Waals surface area contributed by atoms with Gasteiger partial charge < -0.3 is 4.57 Å². The maximum absolute atomic E-state index is 15.4. The van der Waals surface area contributed by atoms with Gasteiger partial charge in [0.25, 0.3) is 0 Å². The number of hydrogen-bond acceptors (Lipinski definition) is 4. The van der Waals surface area contributed by atoms with Gasteiger partial charge in [0.2, 0.25) is 0 Å². The van der Waals surface area contributed by atoms with Gasteiger partial charge in [0.1, 0.15) is 0 Å². The van der Waals surface area contributed by atoms with Gasteiger partial charge >= 0.3 is 0 Å². The maximum atomic E-state index is 15.4. The van der Waals surface area contributed by atoms with Gasteiger partial charge in [-0.15, -0.1) is 0 Å². The highest BCUT2D eigenvalue weighted by atomic mass is 31.2. The van der Waals surface area contributed by atoms with E-state index in [1.165, 1.54) is 68.6 Å². The molecule has 0 N–H and O–H groups in total. The summed E-state index contributed by atoms with van der Waals surface area (Å²) in [6, 6.07) is 103. The van der Waals surface area contributed by atoms with Crippen molar-refractivity contribution < 1.29 is 4.57 Å². The Morgan fingerprint density at radius 1 is 0.268 bits per heavy atom. The summed E-state index contributed by atoms with van der Waals surface area (Å²) in [7, 11) is -3.14. The molecule has 0 radical (unpaired) electrons. The van der Waals surface area contributed by atoms with Crippen LogP contribution in [0.25, 0.3) is 100 Å². The number of hydrogen-bond donors (Lipinski definition) is 0. The van der Waals surface area contributed by atoms with Crippen molar-refractivity contribution in [2.45, 2.75) is 37.5 Å². The Labute approximate surface area is 479 Å². The van der Waals surface area contributed by atoms with Crippen molar-refractivity contribution in [3.63, 3.8) is 0 Å². The highest BCUT2D eigenvalue weighted by Crippen LogP contribution is 2.49. The molecule has 0 unspecified atom stereocenters. The van der Waals surface area contributed by atoms with Crippen LogP contribution in [0.5, 0.6) is 0 Å². The fourth-order valence-electron chi connectivity index (χ4n) is 12.8. The lowest BCUT2D eigenvalue weighted by molar-refractivity contribution is 0.346. The van der Waals surface area contributed by atoms with E-state index in [9.17, 15) is 0 Å². The van der Waals surface area contributed by atoms with Crippen LogP contribution in [0.1, 0.15) is 43.2 Å². The van der Waals surface area contributed by atoms with E-state index in [0.717, 1.165) is 73.3 Å². The minimum Gasteiger partial charge on any atom is -0.309 e. The second-order valence-electron chi connectivity index (χ2n) is 21.7. The molecule has 0 aliphatic heterocycles. The molecule has 1 heterocycles. The smallest absolute Gasteiger partial charge is 0.171 e. The van der Waals surface area contributed by atoms with Crippen LogP contribution in [0.3, 0.4) is 0 Å². The summed E-state index contributed by atoms with van der Waals surface area (Å²) in [5.74, 6) is 1.91. The van der Waals surface area contributed by atoms with Crippen LogP contribution >= 0.6 is 7.14 Å². The molecule has 1 aliphatic rings. The zero-order valence-corrected chi connectivity index (χ0v) is 46.3. The van der Waals surface area contributed by atoms with Crippen LogP contribution in [-0.4, -0.2) is 15.0 Å². The van der Waals surface area contributed by atoms with Crippen molar-refractivity contribution in [3.05, 3.63) is 302 Å². The van der Waals surface area contributed by atoms with Crippen molar-refractivity contribution in [3.8, 4) is 78.7 Å². The zero-order chi connectivity index (χ0) is 54.9. The topological polar surface area (TPSA) is 55.7 Å². The Hall–Kier alpha value is -9.60. The molecule has 0 saturated heterocycles. The predicted molar refractivity (Wildman–Crippen MR) is 343 cm³/mol. The Morgan fingerprint density at radius 3 is 1.00 bits per heavy atom. The van der Waals surface area contributed by atoms with Gasteiger partial charge in [-0.25, -0.2) is 15.0 Å². The molecule has 14 rings (SSSR count). The second-order valence-corrected chi connectivity index (χ2v) is 24.4. The number of aromatic nitrogens is 3. The molecule has 82 heavy (non-hydrogen) atoms. The van der Waals surface area contributed by atoms with E-state index in [4.69, 9.17) is 15.0 Å². The summed E-state index contributed by atoms with van der Waals surface area (Å²) in [4.78, 5) is 15.7. The summed E-state index contributed by atoms with van der Waals surface area (Å²) in [6.07, 6.45) is 5.72. The molecule has 0 amide bonds. The molecule has 1 fully saturated rings. The molecule has 4 nitrogen and oxygen atoms in total. The van der Waals surface area contributed by atoms with Crippen molar-refractivity contribution in [1.29, 1.82) is 0 Å². The third kappa shape index (κ3) is 9.35. The molecule has 0 spiro atoms. The maximum Gasteiger partial charge on any atom is 0.171 e. The number of benzene rings is 12. The van der Waals surface area contributed by atoms with E-state index < -0.39 is 7.14 Å². The Kier molecular flexibility index (Phi) is 13.5. The molecule has 1 aromatic heterocycles. The number of nitrogens with zero attached hydrogens (tertiary/aromatic N) is 3. The molecule has 392 valence electrons. The van der Waals surface area contributed by atoms with Crippen LogP contribution in [0.4, 0.5) is 0 Å². The van der Waals surface area contributed by atoms with Gasteiger partial charge in [-0.1, -0.05) is 298 Å². The lowest BCUT2D eigenvalue weighted by atomic mass is 9.65. The van der Waals surface area contributed by atoms with Crippen molar-refractivity contribution >= 4 is 44.6 Å². The minimum absolute atomic E-state index is 0.147. The van der Waals surface area contributed by atoms with Crippen molar-refractivity contribution in [2.24, 2.45) is 0 Å². The van der Waals surface area contributed by atoms with Crippen LogP contribution in [0, 0.1) is 0 Å². The van der Waals surface area contributed by atoms with Gasteiger partial charge in [-0.05, 0) is 102 Å². The number of rotatable bonds is 12. The Bertz CT molecular complexity index is 4260. The lowest BCUT2D eigenvalue weighted by Gasteiger charge is -2.39. The van der Waals surface area contributed by atoms with Crippen LogP contribution < -0.4 is 15.9 Å². The van der Waals surface area contributed by atoms with E-state index in [-0.39, 0.29) is 5.41 Å². The largest absolute Gasteiger partial charge is 0.309 e. The summed E-state index contributed by atoms with van der Waals surface area (Å²) >= 11 is 0. The SMILES string of the molecule is O=P(c1ccccc1)(c1ccccc1)c1ccc(-c2c3ccccc3c(-c3ccc(C4(c5ccc(-c6nc(-c7cccc(-c8ccccc8)c7)nc(-c7cccc(-c8ccccc8)c7)n6)cc5)CCCCC4)cc3)c3ccccc23)cc1. The fraction of sp³-hybridized carbons (Fsp3) is 0.0779. The molecule has 0 bridgehead atoms. The lowest BCUT2D eigenvalue weighted by Crippen LogP contribution is -2.30. The van der Waals surface area contributed by atoms with Crippen molar-refractivity contribution in [2.75, 3.05) is 0 Å². The first kappa shape index (κ1) is 50.6. The van der Waals surface area contributed by atoms with Crippen molar-refractivity contribution in [1.82, 2.24) is 15.0 Å². The van der Waals surface area contributed by atoms with E-state index in [2.05, 4.69) is 218 Å². The number of fused-ring (bicyclic) bond motifs is 2. The summed E-state index contributed by atoms with van der Waals surface area (Å²) in [5.41, 5.74) is 14.5. The van der Waals surface area contributed by atoms with E-state index in [1.54, 1.807) is 0 Å². The van der Waals surface area contributed by atoms with Crippen LogP contribution in [-0.2, 0) is 9.98 Å². The monoisotopic (exact) mass is 1070 g/mol. The normalized spacial score (nSPS) is 13.3. The van der Waals surface area contributed by atoms with Gasteiger partial charge in [0, 0.05) is 38.0 Å². The average Bonchev–Trinajstić information content (AvgIpc) is 3.36. The second kappa shape index (κ2) is 21.8. The van der Waals surface area contributed by atoms with E-state index in [0.29, 0.717) is 17.5 Å². The molecular formula is C77H58N3OP. The molecule has 5 heteroatoms. The molecule has 1 saturated carbocycles. The third-order valence-electron chi connectivity index (χ3n) is 16.9. The highest BCUT2D eigenvalue weighted by molar-refractivity contribution is 7.85. The fourth-order valence-corrected chi connectivity index (χ4v) is 15.5.